The van der Waals surface area contributed by atoms with Crippen LogP contribution >= 0.6 is 0 Å². The van der Waals surface area contributed by atoms with E-state index in [2.05, 4.69) is 6.92 Å². The Kier molecular flexibility index (Phi) is 18.8. The smallest absolute Gasteiger partial charge is 0.550 e. The summed E-state index contributed by atoms with van der Waals surface area (Å²) in [6.45, 7) is 2.45. The van der Waals surface area contributed by atoms with E-state index in [0.717, 1.165) is 12.8 Å². The van der Waals surface area contributed by atoms with Crippen LogP contribution in [0.4, 0.5) is 0 Å². The zero-order valence-corrected chi connectivity index (χ0v) is 15.0. The summed E-state index contributed by atoms with van der Waals surface area (Å²) in [6, 6.07) is 0. The molecule has 0 aromatic rings. The number of aliphatic carboxylic acids is 1. The SMILES string of the molecule is CCCCCCCCCCCCC(CN)C(=O)[O-].[Na+]. The van der Waals surface area contributed by atoms with E-state index < -0.39 is 11.9 Å². The van der Waals surface area contributed by atoms with Crippen molar-refractivity contribution in [1.29, 1.82) is 0 Å². The second-order valence-corrected chi connectivity index (χ2v) is 5.22. The molecule has 0 amide bonds. The van der Waals surface area contributed by atoms with Crippen molar-refractivity contribution in [3.63, 3.8) is 0 Å². The summed E-state index contributed by atoms with van der Waals surface area (Å²) >= 11 is 0. The molecule has 3 nitrogen and oxygen atoms in total. The van der Waals surface area contributed by atoms with Crippen molar-refractivity contribution in [3.8, 4) is 0 Å². The van der Waals surface area contributed by atoms with E-state index in [1.54, 1.807) is 0 Å². The fourth-order valence-corrected chi connectivity index (χ4v) is 2.21. The molecular formula is C15H30NNaO2. The van der Waals surface area contributed by atoms with E-state index in [-0.39, 0.29) is 36.1 Å². The predicted molar refractivity (Wildman–Crippen MR) is 74.0 cm³/mol. The molecule has 1 atom stereocenters. The Morgan fingerprint density at radius 2 is 1.37 bits per heavy atom. The van der Waals surface area contributed by atoms with Crippen molar-refractivity contribution in [1.82, 2.24) is 0 Å². The molecule has 4 heteroatoms. The Bertz CT molecular complexity index is 201. The van der Waals surface area contributed by atoms with E-state index >= 15 is 0 Å². The van der Waals surface area contributed by atoms with Crippen molar-refractivity contribution < 1.29 is 39.5 Å². The maximum absolute atomic E-state index is 10.6. The van der Waals surface area contributed by atoms with Gasteiger partial charge in [-0.3, -0.25) is 0 Å². The van der Waals surface area contributed by atoms with Crippen LogP contribution in [0.15, 0.2) is 0 Å². The summed E-state index contributed by atoms with van der Waals surface area (Å²) in [5.41, 5.74) is 5.37. The van der Waals surface area contributed by atoms with E-state index in [4.69, 9.17) is 5.73 Å². The fraction of sp³-hybridized carbons (Fsp3) is 0.933. The van der Waals surface area contributed by atoms with E-state index in [0.29, 0.717) is 6.42 Å². The summed E-state index contributed by atoms with van der Waals surface area (Å²) < 4.78 is 0. The number of hydrogen-bond donors (Lipinski definition) is 1. The van der Waals surface area contributed by atoms with Crippen LogP contribution in [-0.4, -0.2) is 12.5 Å². The van der Waals surface area contributed by atoms with Gasteiger partial charge in [0.15, 0.2) is 0 Å². The average Bonchev–Trinajstić information content (AvgIpc) is 2.35. The molecule has 0 aliphatic carbocycles. The van der Waals surface area contributed by atoms with E-state index in [9.17, 15) is 9.90 Å². The van der Waals surface area contributed by atoms with Gasteiger partial charge in [0.25, 0.3) is 0 Å². The van der Waals surface area contributed by atoms with Crippen molar-refractivity contribution >= 4 is 5.97 Å². The van der Waals surface area contributed by atoms with Crippen LogP contribution in [-0.2, 0) is 4.79 Å². The number of rotatable bonds is 13. The third-order valence-corrected chi connectivity index (χ3v) is 3.52. The summed E-state index contributed by atoms with van der Waals surface area (Å²) in [4.78, 5) is 10.6. The first-order valence-electron chi connectivity index (χ1n) is 7.63. The van der Waals surface area contributed by atoms with Crippen LogP contribution in [0.2, 0.25) is 0 Å². The minimum atomic E-state index is -0.992. The van der Waals surface area contributed by atoms with E-state index in [1.807, 2.05) is 0 Å². The molecule has 0 aliphatic rings. The third-order valence-electron chi connectivity index (χ3n) is 3.52. The maximum atomic E-state index is 10.6. The van der Waals surface area contributed by atoms with Gasteiger partial charge >= 0.3 is 29.6 Å². The molecule has 0 bridgehead atoms. The average molecular weight is 279 g/mol. The van der Waals surface area contributed by atoms with Crippen molar-refractivity contribution in [2.45, 2.75) is 77.6 Å². The van der Waals surface area contributed by atoms with Gasteiger partial charge in [-0.05, 0) is 6.42 Å². The molecule has 0 radical (unpaired) electrons. The van der Waals surface area contributed by atoms with E-state index in [1.165, 1.54) is 51.4 Å². The van der Waals surface area contributed by atoms with Crippen LogP contribution in [0.1, 0.15) is 77.6 Å². The van der Waals surface area contributed by atoms with Gasteiger partial charge in [0.1, 0.15) is 0 Å². The molecule has 2 N–H and O–H groups in total. The number of carboxylic acids is 1. The Labute approximate surface area is 141 Å². The molecule has 0 spiro atoms. The largest absolute Gasteiger partial charge is 1.00 e. The monoisotopic (exact) mass is 279 g/mol. The number of carboxylic acid groups (broad SMARTS) is 1. The molecule has 0 saturated heterocycles. The second-order valence-electron chi connectivity index (χ2n) is 5.22. The maximum Gasteiger partial charge on any atom is 1.00 e. The zero-order chi connectivity index (χ0) is 13.6. The number of hydrogen-bond acceptors (Lipinski definition) is 3. The molecule has 0 aromatic carbocycles. The molecule has 0 saturated carbocycles. The number of nitrogens with two attached hydrogens (primary N) is 1. The van der Waals surface area contributed by atoms with Gasteiger partial charge in [0.2, 0.25) is 0 Å². The van der Waals surface area contributed by atoms with Gasteiger partial charge < -0.3 is 15.6 Å². The normalized spacial score (nSPS) is 11.9. The standard InChI is InChI=1S/C15H31NO2.Na/c1-2-3-4-5-6-7-8-9-10-11-12-14(13-16)15(17)18;/h14H,2-13,16H2,1H3,(H,17,18);/q;+1/p-1. The minimum Gasteiger partial charge on any atom is -0.550 e. The summed E-state index contributed by atoms with van der Waals surface area (Å²) in [6.07, 6.45) is 13.4. The first kappa shape index (κ1) is 21.7. The molecule has 0 aromatic heterocycles. The summed E-state index contributed by atoms with van der Waals surface area (Å²) in [5.74, 6) is -1.44. The quantitative estimate of drug-likeness (QED) is 0.369. The number of unbranched alkanes of at least 4 members (excludes halogenated alkanes) is 9. The van der Waals surface area contributed by atoms with Crippen molar-refractivity contribution in [2.24, 2.45) is 11.7 Å². The van der Waals surface area contributed by atoms with Crippen LogP contribution in [0, 0.1) is 5.92 Å². The predicted octanol–water partition coefficient (Wildman–Crippen LogP) is -0.374. The van der Waals surface area contributed by atoms with Crippen LogP contribution in [0.5, 0.6) is 0 Å². The molecule has 19 heavy (non-hydrogen) atoms. The second kappa shape index (κ2) is 16.5. The Morgan fingerprint density at radius 3 is 1.74 bits per heavy atom. The number of carbonyl (C=O) groups is 1. The van der Waals surface area contributed by atoms with Crippen molar-refractivity contribution in [3.05, 3.63) is 0 Å². The molecule has 0 fully saturated rings. The molecule has 0 rings (SSSR count). The Hall–Kier alpha value is 0.430. The summed E-state index contributed by atoms with van der Waals surface area (Å²) in [7, 11) is 0. The van der Waals surface area contributed by atoms with Gasteiger partial charge in [-0.1, -0.05) is 71.1 Å². The Morgan fingerprint density at radius 1 is 0.947 bits per heavy atom. The van der Waals surface area contributed by atoms with Gasteiger partial charge in [-0.2, -0.15) is 0 Å². The molecule has 0 heterocycles. The van der Waals surface area contributed by atoms with Gasteiger partial charge in [0.05, 0.1) is 0 Å². The fourth-order valence-electron chi connectivity index (χ4n) is 2.21. The Balaban J connectivity index is 0. The first-order chi connectivity index (χ1) is 8.72. The van der Waals surface area contributed by atoms with Crippen molar-refractivity contribution in [2.75, 3.05) is 6.54 Å². The third kappa shape index (κ3) is 14.6. The molecule has 0 aliphatic heterocycles. The van der Waals surface area contributed by atoms with Crippen LogP contribution in [0.3, 0.4) is 0 Å². The molecule has 1 unspecified atom stereocenters. The zero-order valence-electron chi connectivity index (χ0n) is 13.0. The van der Waals surface area contributed by atoms with Gasteiger partial charge in [-0.25, -0.2) is 0 Å². The first-order valence-corrected chi connectivity index (χ1v) is 7.63. The topological polar surface area (TPSA) is 66.2 Å². The van der Waals surface area contributed by atoms with Gasteiger partial charge in [0, 0.05) is 18.4 Å². The van der Waals surface area contributed by atoms with Gasteiger partial charge in [-0.15, -0.1) is 0 Å². The molecular weight excluding hydrogens is 249 g/mol. The molecule has 108 valence electrons. The van der Waals surface area contributed by atoms with Crippen LogP contribution < -0.4 is 40.4 Å². The van der Waals surface area contributed by atoms with Crippen LogP contribution in [0.25, 0.3) is 0 Å². The minimum absolute atomic E-state index is 0. The number of carbonyl (C=O) groups excluding carboxylic acids is 1. The summed E-state index contributed by atoms with van der Waals surface area (Å²) in [5, 5.41) is 10.6.